The number of halogens is 11. The van der Waals surface area contributed by atoms with Crippen LogP contribution < -0.4 is 0 Å². The second kappa shape index (κ2) is 4.83. The molecule has 0 aromatic heterocycles. The number of alkyl halides is 11. The number of hydrogen-bond acceptors (Lipinski definition) is 2. The molecule has 0 N–H and O–H groups in total. The summed E-state index contributed by atoms with van der Waals surface area (Å²) in [4.78, 5) is 0. The average Bonchev–Trinajstić information content (AvgIpc) is 2.61. The SMILES string of the molecule is FC(F)(F)C(C(F)(F)F)C1(C(F)(F)C(F)(F)F)OCCO1. The van der Waals surface area contributed by atoms with Gasteiger partial charge in [-0.25, -0.2) is 0 Å². The molecule has 21 heavy (non-hydrogen) atoms. The van der Waals surface area contributed by atoms with Gasteiger partial charge >= 0.3 is 24.5 Å². The molecule has 126 valence electrons. The predicted octanol–water partition coefficient (Wildman–Crippen LogP) is 3.67. The molecule has 1 aliphatic heterocycles. The molecule has 0 aliphatic carbocycles. The van der Waals surface area contributed by atoms with Gasteiger partial charge in [-0.2, -0.15) is 48.3 Å². The molecule has 0 atom stereocenters. The largest absolute Gasteiger partial charge is 0.459 e. The Morgan fingerprint density at radius 1 is 0.667 bits per heavy atom. The first-order chi connectivity index (χ1) is 9.07. The Labute approximate surface area is 108 Å². The zero-order chi connectivity index (χ0) is 16.9. The molecular formula is C8H5F11O2. The molecule has 13 heteroatoms. The highest BCUT2D eigenvalue weighted by molar-refractivity contribution is 5.04. The Morgan fingerprint density at radius 2 is 1.00 bits per heavy atom. The maximum Gasteiger partial charge on any atom is 0.459 e. The fourth-order valence-corrected chi connectivity index (χ4v) is 1.77. The summed E-state index contributed by atoms with van der Waals surface area (Å²) in [6, 6.07) is 0. The van der Waals surface area contributed by atoms with Gasteiger partial charge in [-0.05, 0) is 0 Å². The van der Waals surface area contributed by atoms with Gasteiger partial charge in [0.15, 0.2) is 0 Å². The maximum absolute atomic E-state index is 13.2. The van der Waals surface area contributed by atoms with E-state index in [9.17, 15) is 48.3 Å². The van der Waals surface area contributed by atoms with E-state index in [2.05, 4.69) is 9.47 Å². The summed E-state index contributed by atoms with van der Waals surface area (Å²) in [6.45, 7) is -2.57. The molecule has 0 radical (unpaired) electrons. The lowest BCUT2D eigenvalue weighted by Crippen LogP contribution is -2.67. The third-order valence-electron chi connectivity index (χ3n) is 2.54. The summed E-state index contributed by atoms with van der Waals surface area (Å²) in [5.41, 5.74) is 0. The summed E-state index contributed by atoms with van der Waals surface area (Å²) in [6.07, 6.45) is -19.7. The summed E-state index contributed by atoms with van der Waals surface area (Å²) in [5.74, 6) is -17.0. The van der Waals surface area contributed by atoms with Crippen molar-refractivity contribution in [1.82, 2.24) is 0 Å². The third-order valence-corrected chi connectivity index (χ3v) is 2.54. The maximum atomic E-state index is 13.2. The highest BCUT2D eigenvalue weighted by Gasteiger charge is 2.84. The van der Waals surface area contributed by atoms with E-state index < -0.39 is 49.4 Å². The molecule has 0 unspecified atom stereocenters. The minimum Gasteiger partial charge on any atom is -0.341 e. The van der Waals surface area contributed by atoms with Gasteiger partial charge in [0, 0.05) is 0 Å². The van der Waals surface area contributed by atoms with E-state index in [-0.39, 0.29) is 0 Å². The molecule has 0 bridgehead atoms. The van der Waals surface area contributed by atoms with E-state index in [1.165, 1.54) is 0 Å². The van der Waals surface area contributed by atoms with Crippen LogP contribution in [-0.4, -0.2) is 43.5 Å². The number of rotatable bonds is 2. The van der Waals surface area contributed by atoms with Crippen LogP contribution in [-0.2, 0) is 9.47 Å². The lowest BCUT2D eigenvalue weighted by atomic mass is 9.90. The summed E-state index contributed by atoms with van der Waals surface area (Å²) < 4.78 is 145. The minimum atomic E-state index is -6.74. The Balaban J connectivity index is 3.53. The van der Waals surface area contributed by atoms with Crippen molar-refractivity contribution in [3.8, 4) is 0 Å². The number of hydrogen-bond donors (Lipinski definition) is 0. The van der Waals surface area contributed by atoms with E-state index in [0.717, 1.165) is 0 Å². The first-order valence-corrected chi connectivity index (χ1v) is 4.93. The van der Waals surface area contributed by atoms with Crippen LogP contribution in [0.4, 0.5) is 48.3 Å². The molecule has 1 aliphatic rings. The van der Waals surface area contributed by atoms with Crippen LogP contribution in [0.3, 0.4) is 0 Å². The fourth-order valence-electron chi connectivity index (χ4n) is 1.77. The topological polar surface area (TPSA) is 18.5 Å². The van der Waals surface area contributed by atoms with Crippen molar-refractivity contribution in [3.05, 3.63) is 0 Å². The van der Waals surface area contributed by atoms with Crippen molar-refractivity contribution in [1.29, 1.82) is 0 Å². The fraction of sp³-hybridized carbons (Fsp3) is 1.00. The van der Waals surface area contributed by atoms with Crippen molar-refractivity contribution < 1.29 is 57.8 Å². The van der Waals surface area contributed by atoms with Crippen LogP contribution in [0.15, 0.2) is 0 Å². The predicted molar refractivity (Wildman–Crippen MR) is 41.2 cm³/mol. The minimum absolute atomic E-state index is 1.28. The first-order valence-electron chi connectivity index (χ1n) is 4.93. The lowest BCUT2D eigenvalue weighted by molar-refractivity contribution is -0.454. The van der Waals surface area contributed by atoms with Gasteiger partial charge < -0.3 is 9.47 Å². The monoisotopic (exact) mass is 342 g/mol. The van der Waals surface area contributed by atoms with Crippen LogP contribution in [0.25, 0.3) is 0 Å². The Morgan fingerprint density at radius 3 is 1.24 bits per heavy atom. The van der Waals surface area contributed by atoms with Crippen molar-refractivity contribution >= 4 is 0 Å². The Hall–Kier alpha value is -0.850. The standard InChI is InChI=1S/C8H5F11O2/c9-5(10,11)3(6(12,13)14)4(20-1-2-21-4)7(15,16)8(17,18)19/h3H,1-2H2. The highest BCUT2D eigenvalue weighted by atomic mass is 19.4. The van der Waals surface area contributed by atoms with Crippen LogP contribution in [0.1, 0.15) is 0 Å². The van der Waals surface area contributed by atoms with Crippen molar-refractivity contribution in [2.24, 2.45) is 5.92 Å². The van der Waals surface area contributed by atoms with E-state index in [1.54, 1.807) is 0 Å². The van der Waals surface area contributed by atoms with Gasteiger partial charge in [0.25, 0.3) is 5.79 Å². The van der Waals surface area contributed by atoms with Crippen molar-refractivity contribution in [2.75, 3.05) is 13.2 Å². The highest BCUT2D eigenvalue weighted by Crippen LogP contribution is 2.58. The Bertz CT molecular complexity index is 359. The molecule has 0 amide bonds. The smallest absolute Gasteiger partial charge is 0.341 e. The molecule has 1 heterocycles. The number of ether oxygens (including phenoxy) is 2. The quantitative estimate of drug-likeness (QED) is 0.713. The average molecular weight is 342 g/mol. The van der Waals surface area contributed by atoms with Crippen molar-refractivity contribution in [2.45, 2.75) is 30.2 Å². The van der Waals surface area contributed by atoms with Gasteiger partial charge in [-0.15, -0.1) is 0 Å². The summed E-state index contributed by atoms with van der Waals surface area (Å²) >= 11 is 0. The lowest BCUT2D eigenvalue weighted by Gasteiger charge is -2.42. The van der Waals surface area contributed by atoms with Crippen LogP contribution >= 0.6 is 0 Å². The first kappa shape index (κ1) is 18.2. The van der Waals surface area contributed by atoms with E-state index in [1.807, 2.05) is 0 Å². The summed E-state index contributed by atoms with van der Waals surface area (Å²) in [7, 11) is 0. The molecular weight excluding hydrogens is 337 g/mol. The molecule has 0 aromatic rings. The van der Waals surface area contributed by atoms with E-state index >= 15 is 0 Å². The van der Waals surface area contributed by atoms with Gasteiger partial charge in [-0.3, -0.25) is 0 Å². The molecule has 2 nitrogen and oxygen atoms in total. The summed E-state index contributed by atoms with van der Waals surface area (Å²) in [5, 5.41) is 0. The third kappa shape index (κ3) is 2.89. The van der Waals surface area contributed by atoms with Gasteiger partial charge in [-0.1, -0.05) is 0 Å². The van der Waals surface area contributed by atoms with Gasteiger partial charge in [0.2, 0.25) is 5.92 Å². The Kier molecular flexibility index (Phi) is 4.18. The zero-order valence-electron chi connectivity index (χ0n) is 9.47. The molecule has 0 aromatic carbocycles. The molecule has 1 rings (SSSR count). The molecule has 0 saturated carbocycles. The van der Waals surface area contributed by atoms with E-state index in [4.69, 9.17) is 0 Å². The zero-order valence-corrected chi connectivity index (χ0v) is 9.47. The van der Waals surface area contributed by atoms with Gasteiger partial charge in [0.1, 0.15) is 0 Å². The van der Waals surface area contributed by atoms with Crippen molar-refractivity contribution in [3.63, 3.8) is 0 Å². The van der Waals surface area contributed by atoms with E-state index in [0.29, 0.717) is 0 Å². The molecule has 1 fully saturated rings. The second-order valence-electron chi connectivity index (χ2n) is 3.95. The van der Waals surface area contributed by atoms with Crippen LogP contribution in [0, 0.1) is 5.92 Å². The van der Waals surface area contributed by atoms with Crippen LogP contribution in [0.5, 0.6) is 0 Å². The molecule has 1 saturated heterocycles. The second-order valence-corrected chi connectivity index (χ2v) is 3.95. The van der Waals surface area contributed by atoms with Gasteiger partial charge in [0.05, 0.1) is 13.2 Å². The molecule has 0 spiro atoms. The van der Waals surface area contributed by atoms with Crippen LogP contribution in [0.2, 0.25) is 0 Å². The normalized spacial score (nSPS) is 21.1.